The van der Waals surface area contributed by atoms with Crippen LogP contribution in [0.1, 0.15) is 16.8 Å². The maximum atomic E-state index is 14.3. The van der Waals surface area contributed by atoms with Crippen LogP contribution in [0.2, 0.25) is 5.02 Å². The molecule has 4 rings (SSSR count). The SMILES string of the molecule is O=C(c1ccc(F)cc1F)N(CCCn1ccnc1)c1nc2c(Cl)cccc2s1. The van der Waals surface area contributed by atoms with Crippen molar-refractivity contribution in [3.63, 3.8) is 0 Å². The van der Waals surface area contributed by atoms with Crippen LogP contribution in [0.5, 0.6) is 0 Å². The second-order valence-corrected chi connectivity index (χ2v) is 7.73. The maximum Gasteiger partial charge on any atom is 0.263 e. The van der Waals surface area contributed by atoms with Gasteiger partial charge >= 0.3 is 0 Å². The Morgan fingerprint density at radius 2 is 2.10 bits per heavy atom. The number of nitrogens with zero attached hydrogens (tertiary/aromatic N) is 4. The highest BCUT2D eigenvalue weighted by molar-refractivity contribution is 7.22. The molecule has 0 bridgehead atoms. The average molecular weight is 433 g/mol. The zero-order valence-electron chi connectivity index (χ0n) is 15.1. The number of benzene rings is 2. The van der Waals surface area contributed by atoms with Gasteiger partial charge in [0.05, 0.1) is 21.6 Å². The number of para-hydroxylation sites is 1. The van der Waals surface area contributed by atoms with Crippen molar-refractivity contribution in [1.29, 1.82) is 0 Å². The van der Waals surface area contributed by atoms with E-state index in [9.17, 15) is 13.6 Å². The third-order valence-corrected chi connectivity index (χ3v) is 5.70. The van der Waals surface area contributed by atoms with Gasteiger partial charge in [0, 0.05) is 31.5 Å². The second kappa shape index (κ2) is 8.26. The molecule has 0 fully saturated rings. The summed E-state index contributed by atoms with van der Waals surface area (Å²) in [4.78, 5) is 23.0. The Bertz CT molecular complexity index is 1160. The van der Waals surface area contributed by atoms with Crippen molar-refractivity contribution in [2.45, 2.75) is 13.0 Å². The quantitative estimate of drug-likeness (QED) is 0.423. The predicted molar refractivity (Wildman–Crippen MR) is 110 cm³/mol. The smallest absolute Gasteiger partial charge is 0.263 e. The van der Waals surface area contributed by atoms with Crippen molar-refractivity contribution in [2.24, 2.45) is 0 Å². The topological polar surface area (TPSA) is 51.0 Å². The number of carbonyl (C=O) groups is 1. The summed E-state index contributed by atoms with van der Waals surface area (Å²) < 4.78 is 30.2. The first-order chi connectivity index (χ1) is 14.0. The van der Waals surface area contributed by atoms with Crippen molar-refractivity contribution in [1.82, 2.24) is 14.5 Å². The minimum absolute atomic E-state index is 0.209. The minimum atomic E-state index is -0.909. The van der Waals surface area contributed by atoms with Crippen LogP contribution in [0.15, 0.2) is 55.1 Å². The van der Waals surface area contributed by atoms with E-state index in [0.717, 1.165) is 16.8 Å². The summed E-state index contributed by atoms with van der Waals surface area (Å²) in [5, 5.41) is 0.885. The van der Waals surface area contributed by atoms with Gasteiger partial charge in [0.15, 0.2) is 5.13 Å². The molecule has 0 unspecified atom stereocenters. The zero-order chi connectivity index (χ0) is 20.4. The maximum absolute atomic E-state index is 14.3. The third kappa shape index (κ3) is 4.13. The lowest BCUT2D eigenvalue weighted by Crippen LogP contribution is -2.33. The van der Waals surface area contributed by atoms with Crippen LogP contribution < -0.4 is 4.90 Å². The number of hydrogen-bond donors (Lipinski definition) is 0. The first kappa shape index (κ1) is 19.5. The molecule has 0 radical (unpaired) electrons. The third-order valence-electron chi connectivity index (χ3n) is 4.35. The molecule has 148 valence electrons. The molecule has 5 nitrogen and oxygen atoms in total. The Hall–Kier alpha value is -2.84. The highest BCUT2D eigenvalue weighted by Crippen LogP contribution is 2.33. The lowest BCUT2D eigenvalue weighted by atomic mass is 10.2. The standard InChI is InChI=1S/C20H15ClF2N4OS/c21-15-3-1-4-17-18(15)25-20(29-17)27(9-2-8-26-10-7-24-12-26)19(28)14-6-5-13(22)11-16(14)23/h1,3-7,10-12H,2,8-9H2. The van der Waals surface area contributed by atoms with E-state index in [1.165, 1.54) is 16.2 Å². The fraction of sp³-hybridized carbons (Fsp3) is 0.150. The van der Waals surface area contributed by atoms with E-state index in [2.05, 4.69) is 9.97 Å². The molecule has 0 aliphatic heterocycles. The number of rotatable bonds is 6. The van der Waals surface area contributed by atoms with Gasteiger partial charge in [-0.1, -0.05) is 29.0 Å². The van der Waals surface area contributed by atoms with E-state index in [4.69, 9.17) is 11.6 Å². The van der Waals surface area contributed by atoms with E-state index in [1.54, 1.807) is 24.7 Å². The summed E-state index contributed by atoms with van der Waals surface area (Å²) >= 11 is 7.51. The molecule has 29 heavy (non-hydrogen) atoms. The highest BCUT2D eigenvalue weighted by atomic mass is 35.5. The van der Waals surface area contributed by atoms with Gasteiger partial charge in [0.25, 0.3) is 5.91 Å². The number of fused-ring (bicyclic) bond motifs is 1. The summed E-state index contributed by atoms with van der Waals surface area (Å²) in [7, 11) is 0. The fourth-order valence-electron chi connectivity index (χ4n) is 2.94. The molecule has 0 N–H and O–H groups in total. The Kier molecular flexibility index (Phi) is 5.55. The van der Waals surface area contributed by atoms with E-state index in [-0.39, 0.29) is 5.56 Å². The summed E-state index contributed by atoms with van der Waals surface area (Å²) in [6.07, 6.45) is 5.77. The van der Waals surface area contributed by atoms with Crippen molar-refractivity contribution < 1.29 is 13.6 Å². The van der Waals surface area contributed by atoms with Crippen LogP contribution >= 0.6 is 22.9 Å². The number of amides is 1. The van der Waals surface area contributed by atoms with Crippen LogP contribution in [-0.2, 0) is 6.54 Å². The summed E-state index contributed by atoms with van der Waals surface area (Å²) in [5.74, 6) is -2.23. The van der Waals surface area contributed by atoms with E-state index >= 15 is 0 Å². The molecule has 1 amide bonds. The van der Waals surface area contributed by atoms with Gasteiger partial charge in [-0.05, 0) is 30.7 Å². The number of carbonyl (C=O) groups excluding carboxylic acids is 1. The fourth-order valence-corrected chi connectivity index (χ4v) is 4.23. The molecule has 0 spiro atoms. The van der Waals surface area contributed by atoms with Gasteiger partial charge in [-0.25, -0.2) is 18.7 Å². The largest absolute Gasteiger partial charge is 0.337 e. The number of thiazole rings is 1. The van der Waals surface area contributed by atoms with Gasteiger partial charge in [-0.3, -0.25) is 9.69 Å². The minimum Gasteiger partial charge on any atom is -0.337 e. The van der Waals surface area contributed by atoms with Crippen molar-refractivity contribution >= 4 is 44.2 Å². The van der Waals surface area contributed by atoms with E-state index < -0.39 is 17.5 Å². The van der Waals surface area contributed by atoms with Crippen molar-refractivity contribution in [3.05, 3.63) is 77.3 Å². The Morgan fingerprint density at radius 1 is 1.24 bits per heavy atom. The van der Waals surface area contributed by atoms with Gasteiger partial charge in [-0.15, -0.1) is 0 Å². The van der Waals surface area contributed by atoms with Crippen molar-refractivity contribution in [3.8, 4) is 0 Å². The van der Waals surface area contributed by atoms with Crippen LogP contribution in [0.3, 0.4) is 0 Å². The van der Waals surface area contributed by atoms with Crippen LogP contribution in [-0.4, -0.2) is 27.0 Å². The van der Waals surface area contributed by atoms with Gasteiger partial charge in [-0.2, -0.15) is 0 Å². The molecule has 0 saturated carbocycles. The molecule has 0 aliphatic carbocycles. The van der Waals surface area contributed by atoms with Gasteiger partial charge in [0.1, 0.15) is 17.2 Å². The van der Waals surface area contributed by atoms with Crippen LogP contribution in [0.4, 0.5) is 13.9 Å². The molecular weight excluding hydrogens is 418 g/mol. The molecule has 2 aromatic heterocycles. The first-order valence-corrected chi connectivity index (χ1v) is 10.00. The lowest BCUT2D eigenvalue weighted by molar-refractivity contribution is 0.0982. The van der Waals surface area contributed by atoms with Crippen LogP contribution in [0, 0.1) is 11.6 Å². The van der Waals surface area contributed by atoms with Crippen molar-refractivity contribution in [2.75, 3.05) is 11.4 Å². The zero-order valence-corrected chi connectivity index (χ0v) is 16.6. The summed E-state index contributed by atoms with van der Waals surface area (Å²) in [6, 6.07) is 8.29. The number of anilines is 1. The number of aryl methyl sites for hydroxylation is 1. The molecule has 0 saturated heterocycles. The highest BCUT2D eigenvalue weighted by Gasteiger charge is 2.24. The molecule has 9 heteroatoms. The second-order valence-electron chi connectivity index (χ2n) is 6.32. The molecule has 0 aliphatic rings. The monoisotopic (exact) mass is 432 g/mol. The predicted octanol–water partition coefficient (Wildman–Crippen LogP) is 5.16. The molecular formula is C20H15ClF2N4OS. The van der Waals surface area contributed by atoms with E-state index in [0.29, 0.717) is 41.2 Å². The van der Waals surface area contributed by atoms with Gasteiger partial charge < -0.3 is 4.57 Å². The first-order valence-electron chi connectivity index (χ1n) is 8.80. The number of aromatic nitrogens is 3. The van der Waals surface area contributed by atoms with E-state index in [1.807, 2.05) is 16.8 Å². The summed E-state index contributed by atoms with van der Waals surface area (Å²) in [5.41, 5.74) is 0.375. The Morgan fingerprint density at radius 3 is 2.83 bits per heavy atom. The number of hydrogen-bond acceptors (Lipinski definition) is 4. The molecule has 2 heterocycles. The summed E-state index contributed by atoms with van der Waals surface area (Å²) in [6.45, 7) is 0.923. The average Bonchev–Trinajstić information content (AvgIpc) is 3.35. The Balaban J connectivity index is 1.67. The Labute approximate surface area is 174 Å². The number of imidazole rings is 1. The van der Waals surface area contributed by atoms with Crippen LogP contribution in [0.25, 0.3) is 10.2 Å². The van der Waals surface area contributed by atoms with Gasteiger partial charge in [0.2, 0.25) is 0 Å². The molecule has 0 atom stereocenters. The normalized spacial score (nSPS) is 11.1. The number of halogens is 3. The molecule has 4 aromatic rings. The molecule has 2 aromatic carbocycles. The lowest BCUT2D eigenvalue weighted by Gasteiger charge is -2.20.